The second-order valence-corrected chi connectivity index (χ2v) is 15.3. The van der Waals surface area contributed by atoms with E-state index < -0.39 is 17.1 Å². The number of H-pyrrole nitrogens is 1. The molecule has 43 heavy (non-hydrogen) atoms. The largest absolute Gasteiger partial charge is 0.393 e. The molecule has 8 nitrogen and oxygen atoms in total. The fraction of sp³-hybridized carbons (Fsp3) is 0.618. The highest BCUT2D eigenvalue weighted by molar-refractivity contribution is 7.99. The van der Waals surface area contributed by atoms with Crippen LogP contribution in [0.4, 0.5) is 0 Å². The zero-order valence-electron chi connectivity index (χ0n) is 25.1. The molecule has 4 fully saturated rings. The predicted octanol–water partition coefficient (Wildman–Crippen LogP) is 5.36. The molecule has 8 rings (SSSR count). The van der Waals surface area contributed by atoms with Gasteiger partial charge in [-0.2, -0.15) is 5.10 Å². The summed E-state index contributed by atoms with van der Waals surface area (Å²) >= 11 is 1.36. The Morgan fingerprint density at radius 2 is 2.00 bits per heavy atom. The summed E-state index contributed by atoms with van der Waals surface area (Å²) in [6, 6.07) is 8.21. The lowest BCUT2D eigenvalue weighted by molar-refractivity contribution is -0.177. The minimum Gasteiger partial charge on any atom is -0.393 e. The van der Waals surface area contributed by atoms with Crippen LogP contribution in [0.3, 0.4) is 0 Å². The maximum absolute atomic E-state index is 13.8. The van der Waals surface area contributed by atoms with Gasteiger partial charge in [0, 0.05) is 18.6 Å². The Bertz CT molecular complexity index is 1580. The second kappa shape index (κ2) is 10.0. The minimum absolute atomic E-state index is 0.104. The maximum Gasteiger partial charge on any atom is 0.175 e. The molecule has 1 aromatic carbocycles. The molecule has 3 N–H and O–H groups in total. The number of para-hydroxylation sites is 2. The van der Waals surface area contributed by atoms with Crippen LogP contribution in [0.1, 0.15) is 76.1 Å². The van der Waals surface area contributed by atoms with E-state index in [1.165, 1.54) is 28.6 Å². The standard InChI is InChI=1S/C34H42N4O4S/c1-32-16-20-18-35-38(22-10-13-42-14-11-22)27(20)15-21(32)7-8-23-24-9-12-34(41,33(24,2)17-28(39)30(23)32)29(40)19-43-31-36-25-5-3-4-6-26(25)37-31/h3-6,15,18,22-24,28,30,39,41H,7-14,16-17,19H2,1-2H3,(H,36,37)/t23?,24?,28-,30?,32?,33?,34-/m0/s1. The van der Waals surface area contributed by atoms with Crippen molar-refractivity contribution in [3.8, 4) is 0 Å². The summed E-state index contributed by atoms with van der Waals surface area (Å²) in [5.41, 5.74) is 3.53. The number of hydrogen-bond acceptors (Lipinski definition) is 7. The van der Waals surface area contributed by atoms with Crippen molar-refractivity contribution in [2.24, 2.45) is 28.6 Å². The van der Waals surface area contributed by atoms with Gasteiger partial charge >= 0.3 is 0 Å². The van der Waals surface area contributed by atoms with Gasteiger partial charge in [-0.05, 0) is 98.3 Å². The number of rotatable bonds is 5. The number of aliphatic hydroxyl groups excluding tert-OH is 1. The molecule has 7 atom stereocenters. The number of aromatic nitrogens is 4. The second-order valence-electron chi connectivity index (χ2n) is 14.3. The van der Waals surface area contributed by atoms with Crippen LogP contribution in [0.2, 0.25) is 0 Å². The van der Waals surface area contributed by atoms with E-state index in [0.29, 0.717) is 24.0 Å². The van der Waals surface area contributed by atoms with Crippen LogP contribution < -0.4 is 0 Å². The normalized spacial score (nSPS) is 37.3. The average molecular weight is 603 g/mol. The van der Waals surface area contributed by atoms with Gasteiger partial charge in [0.25, 0.3) is 0 Å². The molecular weight excluding hydrogens is 560 g/mol. The molecule has 2 aromatic heterocycles. The van der Waals surface area contributed by atoms with Crippen LogP contribution in [0.15, 0.2) is 41.2 Å². The van der Waals surface area contributed by atoms with Gasteiger partial charge in [-0.3, -0.25) is 9.48 Å². The van der Waals surface area contributed by atoms with Crippen LogP contribution in [0.25, 0.3) is 17.1 Å². The SMILES string of the molecule is CC12Cc3cnn(C4CCOCC4)c3C=C1CCC1C2[C@@H](O)CC2(C)C1CC[C@]2(O)C(=O)CSc1nc2ccccc2[nH]1. The number of aliphatic hydroxyl groups is 2. The molecule has 0 bridgehead atoms. The van der Waals surface area contributed by atoms with Gasteiger partial charge in [-0.15, -0.1) is 0 Å². The number of carbonyl (C=O) groups is 1. The van der Waals surface area contributed by atoms with Gasteiger partial charge in [0.05, 0.1) is 40.8 Å². The van der Waals surface area contributed by atoms with E-state index in [-0.39, 0.29) is 34.7 Å². The molecule has 1 aliphatic heterocycles. The molecule has 9 heteroatoms. The van der Waals surface area contributed by atoms with E-state index in [1.807, 2.05) is 24.3 Å². The van der Waals surface area contributed by atoms with Crippen molar-refractivity contribution in [3.05, 3.63) is 47.3 Å². The summed E-state index contributed by atoms with van der Waals surface area (Å²) in [6.45, 7) is 6.01. The number of benzene rings is 1. The summed E-state index contributed by atoms with van der Waals surface area (Å²) < 4.78 is 7.84. The Morgan fingerprint density at radius 1 is 1.19 bits per heavy atom. The Morgan fingerprint density at radius 3 is 2.81 bits per heavy atom. The number of aromatic amines is 1. The molecular formula is C34H42N4O4S. The maximum atomic E-state index is 13.8. The van der Waals surface area contributed by atoms with Crippen LogP contribution in [0.5, 0.6) is 0 Å². The third kappa shape index (κ3) is 4.10. The van der Waals surface area contributed by atoms with Crippen molar-refractivity contribution in [3.63, 3.8) is 0 Å². The molecule has 0 spiro atoms. The molecule has 3 aromatic rings. The summed E-state index contributed by atoms with van der Waals surface area (Å²) in [7, 11) is 0. The number of hydrogen-bond donors (Lipinski definition) is 3. The highest BCUT2D eigenvalue weighted by Crippen LogP contribution is 2.67. The lowest BCUT2D eigenvalue weighted by Crippen LogP contribution is -2.62. The number of Topliss-reactive ketones (excluding diaryl/α,β-unsaturated/α-hetero) is 1. The first-order valence-corrected chi connectivity index (χ1v) is 17.1. The van der Waals surface area contributed by atoms with Crippen LogP contribution in [-0.2, 0) is 16.0 Å². The Labute approximate surface area is 256 Å². The number of allylic oxidation sites excluding steroid dienone is 1. The number of ketones is 1. The first-order valence-electron chi connectivity index (χ1n) is 16.1. The molecule has 4 aliphatic carbocycles. The van der Waals surface area contributed by atoms with Crippen molar-refractivity contribution in [2.75, 3.05) is 19.0 Å². The van der Waals surface area contributed by atoms with Gasteiger partial charge < -0.3 is 19.9 Å². The Balaban J connectivity index is 1.04. The van der Waals surface area contributed by atoms with Crippen molar-refractivity contribution >= 4 is 34.7 Å². The fourth-order valence-electron chi connectivity index (χ4n) is 10.1. The minimum atomic E-state index is -1.44. The number of nitrogens with one attached hydrogen (secondary N) is 1. The van der Waals surface area contributed by atoms with Gasteiger partial charge in [-0.1, -0.05) is 43.3 Å². The Hall–Kier alpha value is -2.46. The van der Waals surface area contributed by atoms with E-state index >= 15 is 0 Å². The van der Waals surface area contributed by atoms with E-state index in [1.54, 1.807) is 0 Å². The lowest BCUT2D eigenvalue weighted by atomic mass is 9.45. The van der Waals surface area contributed by atoms with E-state index in [9.17, 15) is 15.0 Å². The smallest absolute Gasteiger partial charge is 0.175 e. The number of ether oxygens (including phenoxy) is 1. The van der Waals surface area contributed by atoms with Gasteiger partial charge in [-0.25, -0.2) is 4.98 Å². The molecule has 228 valence electrons. The highest BCUT2D eigenvalue weighted by atomic mass is 32.2. The topological polar surface area (TPSA) is 113 Å². The van der Waals surface area contributed by atoms with Gasteiger partial charge in [0.1, 0.15) is 5.60 Å². The third-order valence-electron chi connectivity index (χ3n) is 12.3. The molecule has 3 saturated carbocycles. The number of imidazole rings is 1. The first-order chi connectivity index (χ1) is 20.7. The van der Waals surface area contributed by atoms with Crippen LogP contribution in [-0.4, -0.2) is 66.4 Å². The van der Waals surface area contributed by atoms with Crippen LogP contribution >= 0.6 is 11.8 Å². The molecule has 5 aliphatic rings. The summed E-state index contributed by atoms with van der Waals surface area (Å²) in [4.78, 5) is 21.7. The van der Waals surface area contributed by atoms with Crippen molar-refractivity contribution in [2.45, 2.75) is 88.1 Å². The number of carbonyl (C=O) groups excluding carboxylic acids is 1. The lowest BCUT2D eigenvalue weighted by Gasteiger charge is -2.60. The van der Waals surface area contributed by atoms with Crippen molar-refractivity contribution < 1.29 is 19.7 Å². The number of thioether (sulfide) groups is 1. The highest BCUT2D eigenvalue weighted by Gasteiger charge is 2.68. The quantitative estimate of drug-likeness (QED) is 0.337. The molecule has 0 radical (unpaired) electrons. The first kappa shape index (κ1) is 28.0. The van der Waals surface area contributed by atoms with Crippen LogP contribution in [0, 0.1) is 28.6 Å². The fourth-order valence-corrected chi connectivity index (χ4v) is 11.0. The molecule has 0 amide bonds. The Kier molecular flexibility index (Phi) is 6.54. The van der Waals surface area contributed by atoms with Crippen molar-refractivity contribution in [1.29, 1.82) is 0 Å². The van der Waals surface area contributed by atoms with E-state index in [4.69, 9.17) is 9.84 Å². The zero-order valence-corrected chi connectivity index (χ0v) is 25.9. The van der Waals surface area contributed by atoms with Gasteiger partial charge in [0.2, 0.25) is 0 Å². The molecule has 5 unspecified atom stereocenters. The molecule has 3 heterocycles. The summed E-state index contributed by atoms with van der Waals surface area (Å²) in [6.07, 6.45) is 10.5. The molecule has 1 saturated heterocycles. The third-order valence-corrected chi connectivity index (χ3v) is 13.2. The monoisotopic (exact) mass is 602 g/mol. The number of nitrogens with zero attached hydrogens (tertiary/aromatic N) is 3. The average Bonchev–Trinajstić information content (AvgIpc) is 3.68. The van der Waals surface area contributed by atoms with E-state index in [2.05, 4.69) is 40.8 Å². The van der Waals surface area contributed by atoms with Gasteiger partial charge in [0.15, 0.2) is 10.9 Å². The summed E-state index contributed by atoms with van der Waals surface area (Å²) in [5.74, 6) is 0.600. The predicted molar refractivity (Wildman–Crippen MR) is 166 cm³/mol. The summed E-state index contributed by atoms with van der Waals surface area (Å²) in [5, 5.41) is 29.7. The zero-order chi connectivity index (χ0) is 29.6. The number of fused-ring (bicyclic) bond motifs is 7. The van der Waals surface area contributed by atoms with E-state index in [0.717, 1.165) is 62.8 Å². The van der Waals surface area contributed by atoms with Crippen molar-refractivity contribution in [1.82, 2.24) is 19.7 Å².